The third kappa shape index (κ3) is 5.13. The molecule has 1 aliphatic heterocycles. The van der Waals surface area contributed by atoms with Crippen molar-refractivity contribution in [3.05, 3.63) is 59.9 Å². The molecule has 1 unspecified atom stereocenters. The van der Waals surface area contributed by atoms with Crippen molar-refractivity contribution in [1.82, 2.24) is 14.9 Å². The SMILES string of the molecule is CNS(=O)(=O)C1CCN(C(=O)NC(C)c2ccc(-c3ccc(F)cc3)cc2)CC1. The second-order valence-electron chi connectivity index (χ2n) is 7.24. The van der Waals surface area contributed by atoms with Crippen LogP contribution in [0.4, 0.5) is 9.18 Å². The first-order valence-electron chi connectivity index (χ1n) is 9.64. The van der Waals surface area contributed by atoms with Gasteiger partial charge in [-0.1, -0.05) is 36.4 Å². The van der Waals surface area contributed by atoms with Crippen LogP contribution in [0.25, 0.3) is 11.1 Å². The number of sulfonamides is 1. The number of benzene rings is 2. The number of amides is 2. The molecule has 156 valence electrons. The molecule has 2 amide bonds. The van der Waals surface area contributed by atoms with Crippen LogP contribution in [-0.2, 0) is 10.0 Å². The maximum Gasteiger partial charge on any atom is 0.317 e. The van der Waals surface area contributed by atoms with Gasteiger partial charge in [0.05, 0.1) is 11.3 Å². The minimum absolute atomic E-state index is 0.191. The number of halogens is 1. The normalized spacial score (nSPS) is 16.4. The Kier molecular flexibility index (Phi) is 6.54. The monoisotopic (exact) mass is 419 g/mol. The molecule has 1 aliphatic rings. The van der Waals surface area contributed by atoms with Gasteiger partial charge in [0.2, 0.25) is 10.0 Å². The molecule has 3 rings (SSSR count). The van der Waals surface area contributed by atoms with E-state index in [1.807, 2.05) is 31.2 Å². The highest BCUT2D eigenvalue weighted by Gasteiger charge is 2.30. The highest BCUT2D eigenvalue weighted by atomic mass is 32.2. The van der Waals surface area contributed by atoms with E-state index in [1.54, 1.807) is 17.0 Å². The lowest BCUT2D eigenvalue weighted by molar-refractivity contribution is 0.183. The standard InChI is InChI=1S/C21H26FN3O3S/c1-15(16-3-5-17(6-4-16)18-7-9-19(22)10-8-18)24-21(26)25-13-11-20(12-14-25)29(27,28)23-2/h3-10,15,20,23H,11-14H2,1-2H3,(H,24,26). The average Bonchev–Trinajstić information content (AvgIpc) is 2.74. The molecule has 0 spiro atoms. The maximum atomic E-state index is 13.1. The number of carbonyl (C=O) groups is 1. The summed E-state index contributed by atoms with van der Waals surface area (Å²) < 4.78 is 39.2. The van der Waals surface area contributed by atoms with Crippen molar-refractivity contribution in [2.24, 2.45) is 0 Å². The zero-order chi connectivity index (χ0) is 21.0. The summed E-state index contributed by atoms with van der Waals surface area (Å²) in [4.78, 5) is 14.2. The summed E-state index contributed by atoms with van der Waals surface area (Å²) in [5, 5.41) is 2.52. The minimum Gasteiger partial charge on any atom is -0.331 e. The van der Waals surface area contributed by atoms with Crippen molar-refractivity contribution < 1.29 is 17.6 Å². The molecule has 29 heavy (non-hydrogen) atoms. The molecule has 8 heteroatoms. The van der Waals surface area contributed by atoms with Gasteiger partial charge in [-0.25, -0.2) is 22.3 Å². The van der Waals surface area contributed by atoms with Crippen molar-refractivity contribution in [2.45, 2.75) is 31.1 Å². The Hall–Kier alpha value is -2.45. The number of carbonyl (C=O) groups excluding carboxylic acids is 1. The number of urea groups is 1. The number of hydrogen-bond donors (Lipinski definition) is 2. The number of likely N-dealkylation sites (tertiary alicyclic amines) is 1. The molecule has 2 N–H and O–H groups in total. The molecule has 2 aromatic carbocycles. The number of hydrogen-bond acceptors (Lipinski definition) is 3. The van der Waals surface area contributed by atoms with Gasteiger partial charge in [0.1, 0.15) is 5.82 Å². The van der Waals surface area contributed by atoms with Crippen LogP contribution < -0.4 is 10.0 Å². The van der Waals surface area contributed by atoms with Crippen LogP contribution in [0.5, 0.6) is 0 Å². The van der Waals surface area contributed by atoms with Crippen molar-refractivity contribution in [3.63, 3.8) is 0 Å². The van der Waals surface area contributed by atoms with Crippen molar-refractivity contribution in [3.8, 4) is 11.1 Å². The number of piperidine rings is 1. The minimum atomic E-state index is -3.30. The van der Waals surface area contributed by atoms with Crippen LogP contribution in [0.15, 0.2) is 48.5 Å². The summed E-state index contributed by atoms with van der Waals surface area (Å²) in [5.74, 6) is -0.269. The lowest BCUT2D eigenvalue weighted by atomic mass is 10.0. The van der Waals surface area contributed by atoms with E-state index in [-0.39, 0.29) is 17.9 Å². The average molecular weight is 420 g/mol. The number of rotatable bonds is 5. The van der Waals surface area contributed by atoms with Gasteiger partial charge < -0.3 is 10.2 Å². The number of nitrogens with one attached hydrogen (secondary N) is 2. The van der Waals surface area contributed by atoms with Gasteiger partial charge in [0, 0.05) is 13.1 Å². The van der Waals surface area contributed by atoms with Gasteiger partial charge in [-0.15, -0.1) is 0 Å². The molecule has 0 radical (unpaired) electrons. The van der Waals surface area contributed by atoms with E-state index < -0.39 is 15.3 Å². The summed E-state index contributed by atoms with van der Waals surface area (Å²) in [6, 6.07) is 13.7. The molecular formula is C21H26FN3O3S. The predicted molar refractivity (Wildman–Crippen MR) is 111 cm³/mol. The fraction of sp³-hybridized carbons (Fsp3) is 0.381. The van der Waals surface area contributed by atoms with Crippen molar-refractivity contribution >= 4 is 16.1 Å². The molecule has 1 fully saturated rings. The molecule has 0 aromatic heterocycles. The molecule has 1 atom stereocenters. The summed E-state index contributed by atoms with van der Waals surface area (Å²) >= 11 is 0. The number of nitrogens with zero attached hydrogens (tertiary/aromatic N) is 1. The van der Waals surface area contributed by atoms with Gasteiger partial charge in [-0.05, 0) is 55.6 Å². The molecule has 2 aromatic rings. The maximum absolute atomic E-state index is 13.1. The summed E-state index contributed by atoms with van der Waals surface area (Å²) in [6.45, 7) is 2.73. The Morgan fingerprint density at radius 2 is 1.55 bits per heavy atom. The first-order chi connectivity index (χ1) is 13.8. The van der Waals surface area contributed by atoms with Crippen LogP contribution in [0.2, 0.25) is 0 Å². The zero-order valence-corrected chi connectivity index (χ0v) is 17.4. The fourth-order valence-electron chi connectivity index (χ4n) is 3.50. The van der Waals surface area contributed by atoms with E-state index in [2.05, 4.69) is 10.0 Å². The van der Waals surface area contributed by atoms with Gasteiger partial charge in [0.15, 0.2) is 0 Å². The summed E-state index contributed by atoms with van der Waals surface area (Å²) in [7, 11) is -1.88. The Labute approximate surface area is 171 Å². The van der Waals surface area contributed by atoms with Crippen LogP contribution in [0.1, 0.15) is 31.4 Å². The van der Waals surface area contributed by atoms with E-state index in [0.29, 0.717) is 25.9 Å². The largest absolute Gasteiger partial charge is 0.331 e. The van der Waals surface area contributed by atoms with Crippen molar-refractivity contribution in [1.29, 1.82) is 0 Å². The zero-order valence-electron chi connectivity index (χ0n) is 16.6. The molecule has 6 nitrogen and oxygen atoms in total. The van der Waals surface area contributed by atoms with E-state index in [9.17, 15) is 17.6 Å². The van der Waals surface area contributed by atoms with Crippen LogP contribution in [-0.4, -0.2) is 44.7 Å². The molecular weight excluding hydrogens is 393 g/mol. The summed E-state index contributed by atoms with van der Waals surface area (Å²) in [6.07, 6.45) is 0.856. The van der Waals surface area contributed by atoms with Crippen LogP contribution in [0.3, 0.4) is 0 Å². The van der Waals surface area contributed by atoms with Crippen molar-refractivity contribution in [2.75, 3.05) is 20.1 Å². The third-order valence-corrected chi connectivity index (χ3v) is 7.30. The van der Waals surface area contributed by atoms with Crippen LogP contribution in [0, 0.1) is 5.82 Å². The lowest BCUT2D eigenvalue weighted by Crippen LogP contribution is -2.48. The molecule has 1 saturated heterocycles. The smallest absolute Gasteiger partial charge is 0.317 e. The highest BCUT2D eigenvalue weighted by Crippen LogP contribution is 2.23. The van der Waals surface area contributed by atoms with E-state index in [1.165, 1.54) is 19.2 Å². The summed E-state index contributed by atoms with van der Waals surface area (Å²) in [5.41, 5.74) is 2.85. The quantitative estimate of drug-likeness (QED) is 0.781. The lowest BCUT2D eigenvalue weighted by Gasteiger charge is -2.32. The van der Waals surface area contributed by atoms with Gasteiger partial charge >= 0.3 is 6.03 Å². The topological polar surface area (TPSA) is 78.5 Å². The first-order valence-corrected chi connectivity index (χ1v) is 11.2. The van der Waals surface area contributed by atoms with E-state index in [4.69, 9.17) is 0 Å². The molecule has 0 aliphatic carbocycles. The molecule has 1 heterocycles. The predicted octanol–water partition coefficient (Wildman–Crippen LogP) is 3.28. The second-order valence-corrected chi connectivity index (χ2v) is 9.40. The Morgan fingerprint density at radius 3 is 2.07 bits per heavy atom. The van der Waals surface area contributed by atoms with E-state index >= 15 is 0 Å². The van der Waals surface area contributed by atoms with Gasteiger partial charge in [-0.3, -0.25) is 0 Å². The molecule has 0 saturated carbocycles. The first kappa shape index (κ1) is 21.3. The Bertz CT molecular complexity index is 938. The fourth-order valence-corrected chi connectivity index (χ4v) is 4.67. The second kappa shape index (κ2) is 8.92. The molecule has 0 bridgehead atoms. The Morgan fingerprint density at radius 1 is 1.03 bits per heavy atom. The highest BCUT2D eigenvalue weighted by molar-refractivity contribution is 7.90. The third-order valence-electron chi connectivity index (χ3n) is 5.38. The van der Waals surface area contributed by atoms with Crippen LogP contribution >= 0.6 is 0 Å². The Balaban J connectivity index is 1.57. The van der Waals surface area contributed by atoms with E-state index in [0.717, 1.165) is 16.7 Å². The van der Waals surface area contributed by atoms with Gasteiger partial charge in [0.25, 0.3) is 0 Å². The van der Waals surface area contributed by atoms with Gasteiger partial charge in [-0.2, -0.15) is 0 Å².